The topological polar surface area (TPSA) is 63.2 Å². The first-order chi connectivity index (χ1) is 10.0. The highest BCUT2D eigenvalue weighted by atomic mass is 32.2. The van der Waals surface area contributed by atoms with Gasteiger partial charge in [-0.2, -0.15) is 0 Å². The number of carbonyl (C=O) groups is 1. The first-order valence-corrected chi connectivity index (χ1v) is 9.03. The maximum atomic E-state index is 12.1. The zero-order chi connectivity index (χ0) is 14.9. The van der Waals surface area contributed by atoms with Crippen LogP contribution in [0.25, 0.3) is 0 Å². The lowest BCUT2D eigenvalue weighted by molar-refractivity contribution is -0.122. The Bertz CT molecular complexity index is 679. The zero-order valence-corrected chi connectivity index (χ0v) is 12.6. The number of allylic oxidation sites excluding steroid dienone is 1. The van der Waals surface area contributed by atoms with E-state index in [-0.39, 0.29) is 30.0 Å². The molecule has 1 aliphatic carbocycles. The van der Waals surface area contributed by atoms with Crippen molar-refractivity contribution in [2.24, 2.45) is 5.92 Å². The Morgan fingerprint density at radius 2 is 2.10 bits per heavy atom. The number of aryl methyl sites for hydroxylation is 1. The van der Waals surface area contributed by atoms with E-state index in [1.165, 1.54) is 16.5 Å². The summed E-state index contributed by atoms with van der Waals surface area (Å²) in [6, 6.07) is 8.26. The van der Waals surface area contributed by atoms with Gasteiger partial charge in [0.1, 0.15) is 0 Å². The number of rotatable bonds is 3. The summed E-state index contributed by atoms with van der Waals surface area (Å²) in [5, 5.41) is 4.28. The van der Waals surface area contributed by atoms with E-state index in [0.29, 0.717) is 0 Å². The Morgan fingerprint density at radius 1 is 1.29 bits per heavy atom. The average molecular weight is 305 g/mol. The minimum Gasteiger partial charge on any atom is -0.349 e. The minimum absolute atomic E-state index is 0.0572. The third-order valence-electron chi connectivity index (χ3n) is 4.16. The molecular formula is C16H19NO3S. The molecule has 0 fully saturated rings. The lowest BCUT2D eigenvalue weighted by Crippen LogP contribution is -2.32. The maximum Gasteiger partial charge on any atom is 0.221 e. The molecule has 2 unspecified atom stereocenters. The van der Waals surface area contributed by atoms with Gasteiger partial charge in [0.25, 0.3) is 0 Å². The zero-order valence-electron chi connectivity index (χ0n) is 11.8. The standard InChI is InChI=1S/C16H19NO3S/c18-16(10-12-8-9-21(19,20)11-12)17-15-7-3-5-13-4-1-2-6-14(13)15/h1-2,4,6,8-9,12,15H,3,5,7,10-11H2,(H,17,18). The predicted molar refractivity (Wildman–Crippen MR) is 81.3 cm³/mol. The minimum atomic E-state index is -3.08. The summed E-state index contributed by atoms with van der Waals surface area (Å²) in [6.45, 7) is 0. The molecule has 1 heterocycles. The van der Waals surface area contributed by atoms with Crippen LogP contribution >= 0.6 is 0 Å². The molecule has 2 aliphatic rings. The van der Waals surface area contributed by atoms with Crippen LogP contribution in [-0.2, 0) is 21.1 Å². The molecule has 0 bridgehead atoms. The van der Waals surface area contributed by atoms with Crippen LogP contribution in [0, 0.1) is 5.92 Å². The van der Waals surface area contributed by atoms with Gasteiger partial charge in [0.2, 0.25) is 5.91 Å². The number of amides is 1. The molecule has 1 amide bonds. The van der Waals surface area contributed by atoms with Crippen LogP contribution in [0.4, 0.5) is 0 Å². The van der Waals surface area contributed by atoms with E-state index in [4.69, 9.17) is 0 Å². The van der Waals surface area contributed by atoms with Gasteiger partial charge in [-0.15, -0.1) is 0 Å². The lowest BCUT2D eigenvalue weighted by atomic mass is 9.87. The van der Waals surface area contributed by atoms with Crippen LogP contribution in [0.2, 0.25) is 0 Å². The van der Waals surface area contributed by atoms with E-state index >= 15 is 0 Å². The SMILES string of the molecule is O=C(CC1C=CS(=O)(=O)C1)NC1CCCc2ccccc21. The number of hydrogen-bond donors (Lipinski definition) is 1. The van der Waals surface area contributed by atoms with Crippen LogP contribution in [0.15, 0.2) is 35.7 Å². The van der Waals surface area contributed by atoms with Gasteiger partial charge in [-0.25, -0.2) is 8.42 Å². The summed E-state index contributed by atoms with van der Waals surface area (Å²) in [5.74, 6) is -0.195. The predicted octanol–water partition coefficient (Wildman–Crippen LogP) is 2.13. The molecular weight excluding hydrogens is 286 g/mol. The normalized spacial score (nSPS) is 26.3. The van der Waals surface area contributed by atoms with E-state index < -0.39 is 9.84 Å². The highest BCUT2D eigenvalue weighted by Gasteiger charge is 2.26. The maximum absolute atomic E-state index is 12.1. The van der Waals surface area contributed by atoms with Crippen molar-refractivity contribution in [2.45, 2.75) is 31.7 Å². The Balaban J connectivity index is 1.63. The van der Waals surface area contributed by atoms with Crippen LogP contribution in [0.5, 0.6) is 0 Å². The summed E-state index contributed by atoms with van der Waals surface area (Å²) in [7, 11) is -3.08. The van der Waals surface area contributed by atoms with Gasteiger partial charge in [0, 0.05) is 17.7 Å². The number of benzene rings is 1. The Hall–Kier alpha value is -1.62. The van der Waals surface area contributed by atoms with Crippen molar-refractivity contribution in [1.82, 2.24) is 5.32 Å². The smallest absolute Gasteiger partial charge is 0.221 e. The molecule has 0 saturated heterocycles. The second-order valence-corrected chi connectivity index (χ2v) is 7.76. The molecule has 1 aliphatic heterocycles. The van der Waals surface area contributed by atoms with Crippen molar-refractivity contribution in [3.63, 3.8) is 0 Å². The summed E-state index contributed by atoms with van der Waals surface area (Å²) >= 11 is 0. The highest BCUT2D eigenvalue weighted by Crippen LogP contribution is 2.29. The van der Waals surface area contributed by atoms with Crippen molar-refractivity contribution in [2.75, 3.05) is 5.75 Å². The largest absolute Gasteiger partial charge is 0.349 e. The van der Waals surface area contributed by atoms with Crippen LogP contribution in [0.3, 0.4) is 0 Å². The van der Waals surface area contributed by atoms with Crippen LogP contribution in [0.1, 0.15) is 36.4 Å². The van der Waals surface area contributed by atoms with Crippen molar-refractivity contribution in [3.8, 4) is 0 Å². The van der Waals surface area contributed by atoms with Crippen molar-refractivity contribution < 1.29 is 13.2 Å². The van der Waals surface area contributed by atoms with Gasteiger partial charge in [0.05, 0.1) is 11.8 Å². The molecule has 0 saturated carbocycles. The van der Waals surface area contributed by atoms with Crippen LogP contribution < -0.4 is 5.32 Å². The summed E-state index contributed by atoms with van der Waals surface area (Å²) < 4.78 is 22.7. The van der Waals surface area contributed by atoms with E-state index in [1.807, 2.05) is 12.1 Å². The number of hydrogen-bond acceptors (Lipinski definition) is 3. The van der Waals surface area contributed by atoms with Crippen LogP contribution in [-0.4, -0.2) is 20.1 Å². The molecule has 0 spiro atoms. The first-order valence-electron chi connectivity index (χ1n) is 7.32. The second-order valence-electron chi connectivity index (χ2n) is 5.83. The molecule has 112 valence electrons. The molecule has 1 aromatic rings. The molecule has 0 aromatic heterocycles. The molecule has 3 rings (SSSR count). The number of nitrogens with one attached hydrogen (secondary N) is 1. The van der Waals surface area contributed by atoms with Crippen molar-refractivity contribution in [3.05, 3.63) is 46.9 Å². The van der Waals surface area contributed by atoms with E-state index in [9.17, 15) is 13.2 Å². The number of carbonyl (C=O) groups excluding carboxylic acids is 1. The fourth-order valence-electron chi connectivity index (χ4n) is 3.16. The van der Waals surface area contributed by atoms with E-state index in [0.717, 1.165) is 19.3 Å². The van der Waals surface area contributed by atoms with Gasteiger partial charge in [-0.1, -0.05) is 30.3 Å². The molecule has 1 N–H and O–H groups in total. The summed E-state index contributed by atoms with van der Waals surface area (Å²) in [4.78, 5) is 12.1. The van der Waals surface area contributed by atoms with Gasteiger partial charge >= 0.3 is 0 Å². The fourth-order valence-corrected chi connectivity index (χ4v) is 4.56. The highest BCUT2D eigenvalue weighted by molar-refractivity contribution is 7.94. The first kappa shape index (κ1) is 14.3. The molecule has 4 nitrogen and oxygen atoms in total. The van der Waals surface area contributed by atoms with Crippen molar-refractivity contribution >= 4 is 15.7 Å². The molecule has 2 atom stereocenters. The third-order valence-corrected chi connectivity index (χ3v) is 5.62. The summed E-state index contributed by atoms with van der Waals surface area (Å²) in [6.07, 6.45) is 4.95. The van der Waals surface area contributed by atoms with E-state index in [2.05, 4.69) is 17.4 Å². The lowest BCUT2D eigenvalue weighted by Gasteiger charge is -2.26. The van der Waals surface area contributed by atoms with Gasteiger partial charge < -0.3 is 5.32 Å². The number of fused-ring (bicyclic) bond motifs is 1. The molecule has 0 radical (unpaired) electrons. The number of sulfone groups is 1. The average Bonchev–Trinajstić information content (AvgIpc) is 2.78. The van der Waals surface area contributed by atoms with Gasteiger partial charge in [-0.05, 0) is 30.4 Å². The monoisotopic (exact) mass is 305 g/mol. The summed E-state index contributed by atoms with van der Waals surface area (Å²) in [5.41, 5.74) is 2.50. The molecule has 21 heavy (non-hydrogen) atoms. The van der Waals surface area contributed by atoms with Gasteiger partial charge in [0.15, 0.2) is 9.84 Å². The van der Waals surface area contributed by atoms with Gasteiger partial charge in [-0.3, -0.25) is 4.79 Å². The molecule has 5 heteroatoms. The molecule has 1 aromatic carbocycles. The second kappa shape index (κ2) is 5.64. The Kier molecular flexibility index (Phi) is 3.85. The third kappa shape index (κ3) is 3.35. The Morgan fingerprint density at radius 3 is 2.86 bits per heavy atom. The van der Waals surface area contributed by atoms with E-state index in [1.54, 1.807) is 6.08 Å². The fraction of sp³-hybridized carbons (Fsp3) is 0.438. The quantitative estimate of drug-likeness (QED) is 0.930. The Labute approximate surface area is 125 Å². The van der Waals surface area contributed by atoms with Crippen molar-refractivity contribution in [1.29, 1.82) is 0 Å².